The summed E-state index contributed by atoms with van der Waals surface area (Å²) in [5, 5.41) is 4.47. The van der Waals surface area contributed by atoms with E-state index in [0.29, 0.717) is 12.1 Å². The first-order chi connectivity index (χ1) is 9.02. The van der Waals surface area contributed by atoms with Gasteiger partial charge in [0.25, 0.3) is 0 Å². The zero-order chi connectivity index (χ0) is 14.0. The van der Waals surface area contributed by atoms with E-state index in [-0.39, 0.29) is 0 Å². The molecule has 0 saturated carbocycles. The van der Waals surface area contributed by atoms with Crippen molar-refractivity contribution in [3.05, 3.63) is 10.6 Å². The van der Waals surface area contributed by atoms with Crippen LogP contribution in [0.15, 0.2) is 0 Å². The summed E-state index contributed by atoms with van der Waals surface area (Å²) in [6.07, 6.45) is 2.56. The van der Waals surface area contributed by atoms with Gasteiger partial charge >= 0.3 is 0 Å². The molecule has 0 amide bonds. The lowest BCUT2D eigenvalue weighted by molar-refractivity contribution is 0.248. The third kappa shape index (κ3) is 3.27. The predicted octanol–water partition coefficient (Wildman–Crippen LogP) is 2.26. The van der Waals surface area contributed by atoms with Gasteiger partial charge in [-0.25, -0.2) is 4.98 Å². The van der Waals surface area contributed by atoms with E-state index in [1.807, 2.05) is 18.4 Å². The predicted molar refractivity (Wildman–Crippen MR) is 83.2 cm³/mol. The second-order valence-corrected chi connectivity index (χ2v) is 6.63. The average Bonchev–Trinajstić information content (AvgIpc) is 2.79. The molecular formula is C14H26N4S. The van der Waals surface area contributed by atoms with Gasteiger partial charge in [-0.05, 0) is 47.3 Å². The van der Waals surface area contributed by atoms with E-state index < -0.39 is 0 Å². The molecule has 0 aliphatic carbocycles. The summed E-state index contributed by atoms with van der Waals surface area (Å²) in [4.78, 5) is 10.9. The van der Waals surface area contributed by atoms with E-state index in [1.165, 1.54) is 24.3 Å². The lowest BCUT2D eigenvalue weighted by atomic mass is 10.1. The maximum Gasteiger partial charge on any atom is 0.185 e. The Morgan fingerprint density at radius 3 is 2.89 bits per heavy atom. The highest BCUT2D eigenvalue weighted by Gasteiger charge is 2.24. The molecule has 0 radical (unpaired) electrons. The molecule has 2 heterocycles. The van der Waals surface area contributed by atoms with Crippen LogP contribution in [-0.2, 0) is 0 Å². The second kappa shape index (κ2) is 6.20. The molecule has 1 aliphatic rings. The van der Waals surface area contributed by atoms with Crippen LogP contribution in [0.5, 0.6) is 0 Å². The van der Waals surface area contributed by atoms with Gasteiger partial charge < -0.3 is 15.1 Å². The number of aromatic nitrogens is 1. The molecule has 2 unspecified atom stereocenters. The van der Waals surface area contributed by atoms with Crippen molar-refractivity contribution in [2.24, 2.45) is 0 Å². The first-order valence-electron chi connectivity index (χ1n) is 7.09. The molecule has 1 aliphatic heterocycles. The van der Waals surface area contributed by atoms with Gasteiger partial charge in [-0.2, -0.15) is 0 Å². The summed E-state index contributed by atoms with van der Waals surface area (Å²) in [6.45, 7) is 6.68. The Balaban J connectivity index is 2.12. The number of thiazole rings is 1. The Hall–Kier alpha value is -0.650. The van der Waals surface area contributed by atoms with Crippen molar-refractivity contribution >= 4 is 16.5 Å². The van der Waals surface area contributed by atoms with Gasteiger partial charge in [-0.15, -0.1) is 11.3 Å². The van der Waals surface area contributed by atoms with Crippen LogP contribution in [0.2, 0.25) is 0 Å². The number of nitrogens with one attached hydrogen (secondary N) is 1. The highest BCUT2D eigenvalue weighted by atomic mass is 32.1. The Kier molecular flexibility index (Phi) is 4.81. The van der Waals surface area contributed by atoms with Gasteiger partial charge in [0.15, 0.2) is 5.13 Å². The number of hydrogen-bond acceptors (Lipinski definition) is 5. The van der Waals surface area contributed by atoms with E-state index in [1.54, 1.807) is 0 Å². The van der Waals surface area contributed by atoms with E-state index in [4.69, 9.17) is 4.98 Å². The number of hydrogen-bond donors (Lipinski definition) is 1. The molecule has 0 spiro atoms. The van der Waals surface area contributed by atoms with Gasteiger partial charge in [0.05, 0.1) is 5.69 Å². The van der Waals surface area contributed by atoms with Gasteiger partial charge in [-0.1, -0.05) is 0 Å². The van der Waals surface area contributed by atoms with Gasteiger partial charge in [0, 0.05) is 30.6 Å². The molecule has 4 nitrogen and oxygen atoms in total. The maximum absolute atomic E-state index is 4.77. The first kappa shape index (κ1) is 14.8. The molecule has 108 valence electrons. The third-order valence-electron chi connectivity index (χ3n) is 4.10. The van der Waals surface area contributed by atoms with E-state index >= 15 is 0 Å². The fourth-order valence-corrected chi connectivity index (χ4v) is 3.85. The number of piperidine rings is 1. The second-order valence-electron chi connectivity index (χ2n) is 5.63. The molecule has 1 saturated heterocycles. The first-order valence-corrected chi connectivity index (χ1v) is 7.90. The van der Waals surface area contributed by atoms with E-state index in [2.05, 4.69) is 43.1 Å². The molecule has 1 N–H and O–H groups in total. The molecule has 1 fully saturated rings. The summed E-state index contributed by atoms with van der Waals surface area (Å²) in [6, 6.07) is 0.982. The number of aryl methyl sites for hydroxylation is 1. The normalized spacial score (nSPS) is 22.5. The Labute approximate surface area is 120 Å². The lowest BCUT2D eigenvalue weighted by Crippen LogP contribution is -2.45. The molecule has 2 atom stereocenters. The highest BCUT2D eigenvalue weighted by Crippen LogP contribution is 2.32. The molecule has 1 aromatic rings. The largest absolute Gasteiger partial charge is 0.347 e. The van der Waals surface area contributed by atoms with Crippen molar-refractivity contribution in [3.63, 3.8) is 0 Å². The minimum atomic E-state index is 0.383. The molecule has 0 bridgehead atoms. The Morgan fingerprint density at radius 2 is 2.26 bits per heavy atom. The lowest BCUT2D eigenvalue weighted by Gasteiger charge is -2.35. The van der Waals surface area contributed by atoms with Crippen molar-refractivity contribution in [1.29, 1.82) is 0 Å². The number of likely N-dealkylation sites (N-methyl/N-ethyl adjacent to an activating group) is 2. The number of rotatable bonds is 4. The smallest absolute Gasteiger partial charge is 0.185 e. The number of nitrogens with zero attached hydrogens (tertiary/aromatic N) is 3. The van der Waals surface area contributed by atoms with Gasteiger partial charge in [-0.3, -0.25) is 0 Å². The molecule has 5 heteroatoms. The minimum Gasteiger partial charge on any atom is -0.347 e. The molecule has 0 aromatic carbocycles. The van der Waals surface area contributed by atoms with E-state index in [9.17, 15) is 0 Å². The van der Waals surface area contributed by atoms with Gasteiger partial charge in [0.2, 0.25) is 0 Å². The van der Waals surface area contributed by atoms with Gasteiger partial charge in [0.1, 0.15) is 0 Å². The molecule has 19 heavy (non-hydrogen) atoms. The zero-order valence-electron chi connectivity index (χ0n) is 12.7. The summed E-state index contributed by atoms with van der Waals surface area (Å²) < 4.78 is 0. The summed E-state index contributed by atoms with van der Waals surface area (Å²) >= 11 is 1.83. The van der Waals surface area contributed by atoms with Crippen molar-refractivity contribution in [2.45, 2.75) is 38.8 Å². The van der Waals surface area contributed by atoms with Crippen LogP contribution < -0.4 is 10.2 Å². The third-order valence-corrected chi connectivity index (χ3v) is 5.53. The summed E-state index contributed by atoms with van der Waals surface area (Å²) in [5.41, 5.74) is 1.16. The quantitative estimate of drug-likeness (QED) is 0.918. The molecule has 1 aromatic heterocycles. The van der Waals surface area contributed by atoms with Crippen LogP contribution in [0.4, 0.5) is 5.13 Å². The monoisotopic (exact) mass is 282 g/mol. The minimum absolute atomic E-state index is 0.383. The van der Waals surface area contributed by atoms with Crippen LogP contribution in [0.25, 0.3) is 0 Å². The molecular weight excluding hydrogens is 256 g/mol. The standard InChI is InChI=1S/C14H26N4S/c1-10(15-3)13-11(2)16-14(19-13)18(5)12-7-6-8-17(4)9-12/h10,12,15H,6-9H2,1-5H3. The van der Waals surface area contributed by atoms with Crippen molar-refractivity contribution in [3.8, 4) is 0 Å². The fraction of sp³-hybridized carbons (Fsp3) is 0.786. The van der Waals surface area contributed by atoms with Crippen LogP contribution in [0.1, 0.15) is 36.4 Å². The van der Waals surface area contributed by atoms with Crippen LogP contribution >= 0.6 is 11.3 Å². The molecule has 2 rings (SSSR count). The van der Waals surface area contributed by atoms with Crippen LogP contribution in [-0.4, -0.2) is 50.2 Å². The van der Waals surface area contributed by atoms with E-state index in [0.717, 1.165) is 17.4 Å². The summed E-state index contributed by atoms with van der Waals surface area (Å²) in [7, 11) is 6.40. The Morgan fingerprint density at radius 1 is 1.53 bits per heavy atom. The van der Waals surface area contributed by atoms with Crippen molar-refractivity contribution < 1.29 is 0 Å². The Bertz CT molecular complexity index is 418. The maximum atomic E-state index is 4.77. The fourth-order valence-electron chi connectivity index (χ4n) is 2.69. The zero-order valence-corrected chi connectivity index (χ0v) is 13.5. The van der Waals surface area contributed by atoms with Crippen LogP contribution in [0.3, 0.4) is 0 Å². The number of anilines is 1. The van der Waals surface area contributed by atoms with Crippen molar-refractivity contribution in [1.82, 2.24) is 15.2 Å². The SMILES string of the molecule is CNC(C)c1sc(N(C)C2CCCN(C)C2)nc1C. The highest BCUT2D eigenvalue weighted by molar-refractivity contribution is 7.15. The van der Waals surface area contributed by atoms with Crippen LogP contribution in [0, 0.1) is 6.92 Å². The summed E-state index contributed by atoms with van der Waals surface area (Å²) in [5.74, 6) is 0. The number of likely N-dealkylation sites (tertiary alicyclic amines) is 1. The average molecular weight is 282 g/mol. The van der Waals surface area contributed by atoms with Crippen molar-refractivity contribution in [2.75, 3.05) is 39.1 Å². The topological polar surface area (TPSA) is 31.4 Å².